The van der Waals surface area contributed by atoms with Crippen molar-refractivity contribution in [1.29, 1.82) is 0 Å². The van der Waals surface area contributed by atoms with E-state index in [1.807, 2.05) is 82.0 Å². The topological polar surface area (TPSA) is 73.2 Å². The standard InChI is InChI=1S/C29H29NO4/c1-17-10-22(31)14-23(11-17)34-29-9-7-6-8-24(29)30(25-15-27(32)20(4)12-18(25)2)26-16-28(33)21(5)13-19(26)3/h6-16,31-33H,1-5H3. The van der Waals surface area contributed by atoms with Gasteiger partial charge in [-0.1, -0.05) is 24.3 Å². The number of hydrogen-bond donors (Lipinski definition) is 3. The Balaban J connectivity index is 1.96. The van der Waals surface area contributed by atoms with Gasteiger partial charge in [0, 0.05) is 18.2 Å². The van der Waals surface area contributed by atoms with E-state index in [9.17, 15) is 15.3 Å². The Morgan fingerprint density at radius 2 is 1.15 bits per heavy atom. The maximum absolute atomic E-state index is 10.6. The van der Waals surface area contributed by atoms with Crippen molar-refractivity contribution in [3.05, 3.63) is 94.5 Å². The maximum Gasteiger partial charge on any atom is 0.151 e. The molecule has 0 amide bonds. The molecular formula is C29H29NO4. The molecule has 0 unspecified atom stereocenters. The van der Waals surface area contributed by atoms with Crippen molar-refractivity contribution >= 4 is 17.1 Å². The molecule has 3 N–H and O–H groups in total. The Morgan fingerprint density at radius 3 is 1.71 bits per heavy atom. The number of benzene rings is 4. The van der Waals surface area contributed by atoms with Gasteiger partial charge in [-0.15, -0.1) is 0 Å². The van der Waals surface area contributed by atoms with Crippen LogP contribution < -0.4 is 9.64 Å². The van der Waals surface area contributed by atoms with Gasteiger partial charge in [-0.2, -0.15) is 0 Å². The number of nitrogens with zero attached hydrogens (tertiary/aromatic N) is 1. The second-order valence-electron chi connectivity index (χ2n) is 8.76. The Labute approximate surface area is 200 Å². The van der Waals surface area contributed by atoms with Crippen LogP contribution in [-0.4, -0.2) is 15.3 Å². The van der Waals surface area contributed by atoms with Gasteiger partial charge < -0.3 is 25.0 Å². The second-order valence-corrected chi connectivity index (χ2v) is 8.76. The fraction of sp³-hybridized carbons (Fsp3) is 0.172. The quantitative estimate of drug-likeness (QED) is 0.289. The first kappa shape index (κ1) is 23.1. The first-order valence-corrected chi connectivity index (χ1v) is 11.1. The lowest BCUT2D eigenvalue weighted by atomic mass is 10.0. The van der Waals surface area contributed by atoms with Crippen LogP contribution >= 0.6 is 0 Å². The molecule has 0 heterocycles. The summed E-state index contributed by atoms with van der Waals surface area (Å²) in [4.78, 5) is 1.98. The van der Waals surface area contributed by atoms with Crippen molar-refractivity contribution in [1.82, 2.24) is 0 Å². The highest BCUT2D eigenvalue weighted by molar-refractivity contribution is 5.84. The molecule has 5 nitrogen and oxygen atoms in total. The third kappa shape index (κ3) is 4.50. The number of para-hydroxylation sites is 2. The lowest BCUT2D eigenvalue weighted by Gasteiger charge is -2.30. The van der Waals surface area contributed by atoms with Crippen molar-refractivity contribution in [3.63, 3.8) is 0 Å². The van der Waals surface area contributed by atoms with Crippen LogP contribution in [0.5, 0.6) is 28.7 Å². The van der Waals surface area contributed by atoms with E-state index in [0.29, 0.717) is 11.5 Å². The highest BCUT2D eigenvalue weighted by Gasteiger charge is 2.22. The van der Waals surface area contributed by atoms with Gasteiger partial charge in [0.1, 0.15) is 23.0 Å². The lowest BCUT2D eigenvalue weighted by Crippen LogP contribution is -2.14. The third-order valence-corrected chi connectivity index (χ3v) is 5.88. The van der Waals surface area contributed by atoms with Crippen LogP contribution in [0.4, 0.5) is 17.1 Å². The Hall–Kier alpha value is -4.12. The fourth-order valence-electron chi connectivity index (χ4n) is 4.17. The molecule has 5 heteroatoms. The van der Waals surface area contributed by atoms with E-state index >= 15 is 0 Å². The van der Waals surface area contributed by atoms with Crippen LogP contribution in [0, 0.1) is 34.6 Å². The summed E-state index contributed by atoms with van der Waals surface area (Å²) in [6.07, 6.45) is 0. The molecule has 0 radical (unpaired) electrons. The minimum absolute atomic E-state index is 0.128. The van der Waals surface area contributed by atoms with Gasteiger partial charge in [0.2, 0.25) is 0 Å². The summed E-state index contributed by atoms with van der Waals surface area (Å²) < 4.78 is 6.26. The van der Waals surface area contributed by atoms with Gasteiger partial charge in [-0.3, -0.25) is 0 Å². The molecule has 0 saturated heterocycles. The smallest absolute Gasteiger partial charge is 0.151 e. The largest absolute Gasteiger partial charge is 0.508 e. The number of phenols is 3. The van der Waals surface area contributed by atoms with Crippen LogP contribution in [0.25, 0.3) is 0 Å². The van der Waals surface area contributed by atoms with Crippen molar-refractivity contribution in [2.24, 2.45) is 0 Å². The van der Waals surface area contributed by atoms with E-state index in [1.165, 1.54) is 0 Å². The molecule has 4 aromatic carbocycles. The monoisotopic (exact) mass is 455 g/mol. The van der Waals surface area contributed by atoms with Crippen molar-refractivity contribution in [3.8, 4) is 28.7 Å². The average Bonchev–Trinajstić information content (AvgIpc) is 2.76. The number of ether oxygens (including phenoxy) is 1. The summed E-state index contributed by atoms with van der Waals surface area (Å²) in [7, 11) is 0. The molecule has 0 aliphatic rings. The first-order chi connectivity index (χ1) is 16.1. The number of phenolic OH excluding ortho intramolecular Hbond substituents is 3. The maximum atomic E-state index is 10.6. The highest BCUT2D eigenvalue weighted by atomic mass is 16.5. The van der Waals surface area contributed by atoms with Gasteiger partial charge in [0.25, 0.3) is 0 Å². The van der Waals surface area contributed by atoms with Crippen LogP contribution in [-0.2, 0) is 0 Å². The normalized spacial score (nSPS) is 10.9. The lowest BCUT2D eigenvalue weighted by molar-refractivity contribution is 0.454. The summed E-state index contributed by atoms with van der Waals surface area (Å²) in [5.74, 6) is 1.56. The van der Waals surface area contributed by atoms with Crippen LogP contribution in [0.3, 0.4) is 0 Å². The molecule has 0 aliphatic heterocycles. The third-order valence-electron chi connectivity index (χ3n) is 5.88. The van der Waals surface area contributed by atoms with Gasteiger partial charge in [-0.05, 0) is 86.7 Å². The zero-order valence-electron chi connectivity index (χ0n) is 20.0. The van der Waals surface area contributed by atoms with Gasteiger partial charge in [0.15, 0.2) is 5.75 Å². The molecule has 0 aromatic heterocycles. The summed E-state index contributed by atoms with van der Waals surface area (Å²) in [5.41, 5.74) is 6.60. The molecule has 0 aliphatic carbocycles. The van der Waals surface area contributed by atoms with Gasteiger partial charge in [-0.25, -0.2) is 0 Å². The Bertz CT molecular complexity index is 1300. The number of rotatable bonds is 5. The summed E-state index contributed by atoms with van der Waals surface area (Å²) in [5, 5.41) is 31.2. The first-order valence-electron chi connectivity index (χ1n) is 11.1. The number of aromatic hydroxyl groups is 3. The molecule has 0 fully saturated rings. The SMILES string of the molecule is Cc1cc(O)cc(Oc2ccccc2N(c2cc(O)c(C)cc2C)c2cc(O)c(C)cc2C)c1. The van der Waals surface area contributed by atoms with Crippen molar-refractivity contribution < 1.29 is 20.1 Å². The molecule has 0 spiro atoms. The molecule has 34 heavy (non-hydrogen) atoms. The average molecular weight is 456 g/mol. The number of anilines is 3. The summed E-state index contributed by atoms with van der Waals surface area (Å²) in [6.45, 7) is 9.59. The molecule has 174 valence electrons. The molecule has 4 aromatic rings. The van der Waals surface area contributed by atoms with Crippen LogP contribution in [0.2, 0.25) is 0 Å². The van der Waals surface area contributed by atoms with Crippen molar-refractivity contribution in [2.45, 2.75) is 34.6 Å². The van der Waals surface area contributed by atoms with E-state index in [0.717, 1.165) is 44.9 Å². The number of hydrogen-bond acceptors (Lipinski definition) is 5. The minimum atomic E-state index is 0.128. The van der Waals surface area contributed by atoms with Gasteiger partial charge in [0.05, 0.1) is 17.1 Å². The molecule has 0 bridgehead atoms. The van der Waals surface area contributed by atoms with Crippen molar-refractivity contribution in [2.75, 3.05) is 4.90 Å². The second kappa shape index (κ2) is 9.02. The molecular weight excluding hydrogens is 426 g/mol. The summed E-state index contributed by atoms with van der Waals surface area (Å²) >= 11 is 0. The molecule has 4 rings (SSSR count). The van der Waals surface area contributed by atoms with Gasteiger partial charge >= 0.3 is 0 Å². The molecule has 0 saturated carbocycles. The van der Waals surface area contributed by atoms with E-state index in [-0.39, 0.29) is 17.2 Å². The fourth-order valence-corrected chi connectivity index (χ4v) is 4.17. The Morgan fingerprint density at radius 1 is 0.588 bits per heavy atom. The van der Waals surface area contributed by atoms with Crippen LogP contribution in [0.15, 0.2) is 66.7 Å². The van der Waals surface area contributed by atoms with E-state index in [2.05, 4.69) is 0 Å². The zero-order valence-corrected chi connectivity index (χ0v) is 20.0. The molecule has 0 atom stereocenters. The predicted molar refractivity (Wildman–Crippen MR) is 136 cm³/mol. The van der Waals surface area contributed by atoms with E-state index in [1.54, 1.807) is 24.3 Å². The predicted octanol–water partition coefficient (Wildman–Crippen LogP) is 7.61. The minimum Gasteiger partial charge on any atom is -0.508 e. The zero-order chi connectivity index (χ0) is 24.6. The van der Waals surface area contributed by atoms with Crippen LogP contribution in [0.1, 0.15) is 27.8 Å². The summed E-state index contributed by atoms with van der Waals surface area (Å²) in [6, 6.07) is 20.0. The Kier molecular flexibility index (Phi) is 6.12. The highest BCUT2D eigenvalue weighted by Crippen LogP contribution is 2.46. The van der Waals surface area contributed by atoms with E-state index < -0.39 is 0 Å². The van der Waals surface area contributed by atoms with E-state index in [4.69, 9.17) is 4.74 Å². The number of aryl methyl sites for hydroxylation is 5.